The van der Waals surface area contributed by atoms with E-state index in [-0.39, 0.29) is 24.0 Å². The van der Waals surface area contributed by atoms with E-state index in [0.29, 0.717) is 11.8 Å². The second kappa shape index (κ2) is 10.6. The Balaban J connectivity index is 1.56. The standard InChI is InChI=1S/C29H37NO6/c1-20-14-15-25-28(2,3)29(25,16-20)23-13-9-8-12-22(23)19-36-30(24(17-31)26(32)34-4)27(33)35-18-21-10-6-5-7-11-21/h5-13,20,24-25,31H,14-19H2,1-4H3/t20?,24-,25?,29?/m0/s1. The third kappa shape index (κ3) is 4.74. The molecule has 194 valence electrons. The second-order valence-electron chi connectivity index (χ2n) is 10.7. The van der Waals surface area contributed by atoms with E-state index >= 15 is 0 Å². The predicted octanol–water partition coefficient (Wildman–Crippen LogP) is 5.00. The van der Waals surface area contributed by atoms with E-state index in [1.54, 1.807) is 0 Å². The molecule has 2 aromatic rings. The molecule has 2 saturated carbocycles. The topological polar surface area (TPSA) is 85.3 Å². The third-order valence-electron chi connectivity index (χ3n) is 8.32. The number of hydroxylamine groups is 2. The molecule has 4 rings (SSSR count). The first-order chi connectivity index (χ1) is 17.3. The van der Waals surface area contributed by atoms with Gasteiger partial charge in [0, 0.05) is 5.41 Å². The Hall–Kier alpha value is -2.90. The molecular weight excluding hydrogens is 458 g/mol. The number of hydrogen-bond acceptors (Lipinski definition) is 6. The first kappa shape index (κ1) is 26.2. The Bertz CT molecular complexity index is 1070. The molecule has 3 unspecified atom stereocenters. The Kier molecular flexibility index (Phi) is 7.71. The molecule has 0 heterocycles. The summed E-state index contributed by atoms with van der Waals surface area (Å²) in [5, 5.41) is 10.7. The molecule has 0 bridgehead atoms. The monoisotopic (exact) mass is 495 g/mol. The molecule has 7 heteroatoms. The van der Waals surface area contributed by atoms with Crippen molar-refractivity contribution in [2.24, 2.45) is 17.3 Å². The lowest BCUT2D eigenvalue weighted by atomic mass is 9.74. The number of nitrogens with zero attached hydrogens (tertiary/aromatic N) is 1. The van der Waals surface area contributed by atoms with Crippen LogP contribution in [0.1, 0.15) is 56.7 Å². The number of benzene rings is 2. The summed E-state index contributed by atoms with van der Waals surface area (Å²) in [6, 6.07) is 16.1. The highest BCUT2D eigenvalue weighted by Gasteiger charge is 2.72. The molecule has 2 aromatic carbocycles. The lowest BCUT2D eigenvalue weighted by Gasteiger charge is -2.31. The zero-order valence-corrected chi connectivity index (χ0v) is 21.6. The first-order valence-electron chi connectivity index (χ1n) is 12.7. The minimum Gasteiger partial charge on any atom is -0.467 e. The molecule has 1 N–H and O–H groups in total. The SMILES string of the molecule is COC(=O)[C@H](CO)N(OCc1ccccc1C12CC(C)CCC1C2(C)C)C(=O)OCc1ccccc1. The number of aliphatic hydroxyl groups is 1. The Morgan fingerprint density at radius 1 is 1.06 bits per heavy atom. The fourth-order valence-corrected chi connectivity index (χ4v) is 6.38. The molecular formula is C29H37NO6. The molecule has 0 aliphatic heterocycles. The highest BCUT2D eigenvalue weighted by molar-refractivity contribution is 5.80. The zero-order chi connectivity index (χ0) is 25.9. The molecule has 0 saturated heterocycles. The fraction of sp³-hybridized carbons (Fsp3) is 0.517. The van der Waals surface area contributed by atoms with Gasteiger partial charge in [-0.15, -0.1) is 0 Å². The van der Waals surface area contributed by atoms with E-state index in [9.17, 15) is 14.7 Å². The molecule has 4 atom stereocenters. The summed E-state index contributed by atoms with van der Waals surface area (Å²) in [7, 11) is 1.20. The lowest BCUT2D eigenvalue weighted by Crippen LogP contribution is -2.48. The number of carbonyl (C=O) groups is 2. The zero-order valence-electron chi connectivity index (χ0n) is 21.6. The number of amides is 1. The molecule has 2 fully saturated rings. The van der Waals surface area contributed by atoms with E-state index in [0.717, 1.165) is 22.6 Å². The number of fused-ring (bicyclic) bond motifs is 1. The summed E-state index contributed by atoms with van der Waals surface area (Å²) >= 11 is 0. The third-order valence-corrected chi connectivity index (χ3v) is 8.32. The fourth-order valence-electron chi connectivity index (χ4n) is 6.38. The quantitative estimate of drug-likeness (QED) is 0.389. The minimum absolute atomic E-state index is 0.00626. The normalized spacial score (nSPS) is 24.8. The maximum atomic E-state index is 13.0. The van der Waals surface area contributed by atoms with Crippen LogP contribution < -0.4 is 0 Å². The predicted molar refractivity (Wildman–Crippen MR) is 135 cm³/mol. The number of hydrogen-bond donors (Lipinski definition) is 1. The van der Waals surface area contributed by atoms with Crippen molar-refractivity contribution >= 4 is 12.1 Å². The van der Waals surface area contributed by atoms with Crippen LogP contribution in [0.15, 0.2) is 54.6 Å². The van der Waals surface area contributed by atoms with Gasteiger partial charge in [0.15, 0.2) is 6.04 Å². The van der Waals surface area contributed by atoms with Crippen molar-refractivity contribution in [3.05, 3.63) is 71.3 Å². The van der Waals surface area contributed by atoms with Crippen molar-refractivity contribution in [3.63, 3.8) is 0 Å². The van der Waals surface area contributed by atoms with Crippen LogP contribution >= 0.6 is 0 Å². The largest absolute Gasteiger partial charge is 0.467 e. The Labute approximate surface area is 213 Å². The average molecular weight is 496 g/mol. The van der Waals surface area contributed by atoms with Gasteiger partial charge < -0.3 is 14.6 Å². The van der Waals surface area contributed by atoms with Crippen LogP contribution in [0, 0.1) is 17.3 Å². The van der Waals surface area contributed by atoms with Crippen LogP contribution in [0.5, 0.6) is 0 Å². The van der Waals surface area contributed by atoms with E-state index in [1.807, 2.05) is 42.5 Å². The van der Waals surface area contributed by atoms with Gasteiger partial charge in [-0.2, -0.15) is 5.06 Å². The molecule has 7 nitrogen and oxygen atoms in total. The Morgan fingerprint density at radius 3 is 2.44 bits per heavy atom. The van der Waals surface area contributed by atoms with Crippen LogP contribution in [0.25, 0.3) is 0 Å². The summed E-state index contributed by atoms with van der Waals surface area (Å²) in [6.45, 7) is 6.41. The van der Waals surface area contributed by atoms with Crippen LogP contribution in [0.3, 0.4) is 0 Å². The van der Waals surface area contributed by atoms with Crippen molar-refractivity contribution in [3.8, 4) is 0 Å². The summed E-state index contributed by atoms with van der Waals surface area (Å²) in [6.07, 6.45) is 2.70. The number of carbonyl (C=O) groups excluding carboxylic acids is 2. The lowest BCUT2D eigenvalue weighted by molar-refractivity contribution is -0.195. The highest BCUT2D eigenvalue weighted by Crippen LogP contribution is 2.76. The summed E-state index contributed by atoms with van der Waals surface area (Å²) in [5.41, 5.74) is 3.25. The van der Waals surface area contributed by atoms with Crippen molar-refractivity contribution in [2.75, 3.05) is 13.7 Å². The summed E-state index contributed by atoms with van der Waals surface area (Å²) in [5.74, 6) is 0.458. The van der Waals surface area contributed by atoms with Gasteiger partial charge in [-0.25, -0.2) is 9.59 Å². The van der Waals surface area contributed by atoms with Gasteiger partial charge in [-0.1, -0.05) is 81.8 Å². The van der Waals surface area contributed by atoms with Gasteiger partial charge >= 0.3 is 12.1 Å². The maximum absolute atomic E-state index is 13.0. The van der Waals surface area contributed by atoms with Gasteiger partial charge in [0.2, 0.25) is 0 Å². The van der Waals surface area contributed by atoms with Crippen LogP contribution in [0.2, 0.25) is 0 Å². The van der Waals surface area contributed by atoms with E-state index in [2.05, 4.69) is 32.9 Å². The number of aliphatic hydroxyl groups excluding tert-OH is 1. The number of methoxy groups -OCH3 is 1. The first-order valence-corrected chi connectivity index (χ1v) is 12.7. The van der Waals surface area contributed by atoms with Crippen LogP contribution in [-0.2, 0) is 37.7 Å². The van der Waals surface area contributed by atoms with Gasteiger partial charge in [0.25, 0.3) is 0 Å². The van der Waals surface area contributed by atoms with Crippen molar-refractivity contribution in [1.29, 1.82) is 0 Å². The average Bonchev–Trinajstić information content (AvgIpc) is 3.39. The summed E-state index contributed by atoms with van der Waals surface area (Å²) < 4.78 is 10.2. The Morgan fingerprint density at radius 2 is 1.75 bits per heavy atom. The number of esters is 1. The molecule has 0 radical (unpaired) electrons. The van der Waals surface area contributed by atoms with E-state index < -0.39 is 24.7 Å². The number of rotatable bonds is 9. The molecule has 0 aromatic heterocycles. The van der Waals surface area contributed by atoms with E-state index in [1.165, 1.54) is 25.5 Å². The van der Waals surface area contributed by atoms with Crippen LogP contribution in [0.4, 0.5) is 4.79 Å². The summed E-state index contributed by atoms with van der Waals surface area (Å²) in [4.78, 5) is 31.3. The molecule has 36 heavy (non-hydrogen) atoms. The smallest absolute Gasteiger partial charge is 0.435 e. The molecule has 2 aliphatic rings. The highest BCUT2D eigenvalue weighted by atomic mass is 16.7. The van der Waals surface area contributed by atoms with Crippen LogP contribution in [-0.4, -0.2) is 42.0 Å². The van der Waals surface area contributed by atoms with Gasteiger partial charge in [-0.05, 0) is 46.8 Å². The molecule has 2 aliphatic carbocycles. The van der Waals surface area contributed by atoms with E-state index in [4.69, 9.17) is 14.3 Å². The van der Waals surface area contributed by atoms with Crippen molar-refractivity contribution in [2.45, 2.75) is 64.7 Å². The molecule has 0 spiro atoms. The second-order valence-corrected chi connectivity index (χ2v) is 10.7. The molecule has 1 amide bonds. The van der Waals surface area contributed by atoms with Crippen molar-refractivity contribution in [1.82, 2.24) is 5.06 Å². The van der Waals surface area contributed by atoms with Gasteiger partial charge in [0.1, 0.15) is 13.2 Å². The van der Waals surface area contributed by atoms with Crippen molar-refractivity contribution < 1.29 is 29.0 Å². The van der Waals surface area contributed by atoms with Gasteiger partial charge in [-0.3, -0.25) is 4.84 Å². The maximum Gasteiger partial charge on any atom is 0.435 e. The number of ether oxygens (including phenoxy) is 2. The minimum atomic E-state index is -1.34. The van der Waals surface area contributed by atoms with Gasteiger partial charge in [0.05, 0.1) is 13.7 Å².